The highest BCUT2D eigenvalue weighted by Crippen LogP contribution is 2.23. The maximum Gasteiger partial charge on any atom is 0.410 e. The van der Waals surface area contributed by atoms with Gasteiger partial charge < -0.3 is 20.1 Å². The Labute approximate surface area is 186 Å². The summed E-state index contributed by atoms with van der Waals surface area (Å²) < 4.78 is 5.44. The van der Waals surface area contributed by atoms with E-state index in [0.717, 1.165) is 13.0 Å². The highest BCUT2D eigenvalue weighted by molar-refractivity contribution is 5.69. The summed E-state index contributed by atoms with van der Waals surface area (Å²) in [6.45, 7) is 11.4. The Balaban J connectivity index is 2.03. The molecule has 0 spiro atoms. The largest absolute Gasteiger partial charge is 0.444 e. The van der Waals surface area contributed by atoms with E-state index in [2.05, 4.69) is 12.2 Å². The molecular formula is C25H50N2O3. The molecule has 178 valence electrons. The molecule has 2 atom stereocenters. The van der Waals surface area contributed by atoms with Gasteiger partial charge in [-0.1, -0.05) is 84.0 Å². The van der Waals surface area contributed by atoms with Crippen LogP contribution in [0.4, 0.5) is 4.79 Å². The highest BCUT2D eigenvalue weighted by atomic mass is 16.6. The monoisotopic (exact) mass is 426 g/mol. The number of aliphatic hydroxyl groups is 1. The van der Waals surface area contributed by atoms with Gasteiger partial charge in [0, 0.05) is 6.54 Å². The first-order valence-corrected chi connectivity index (χ1v) is 12.6. The SMILES string of the molecule is CCCCCCCCCCCCCCCN[C@H]1CN(C(=O)OC(C)(C)C)C[C@]1(C)O. The highest BCUT2D eigenvalue weighted by Gasteiger charge is 2.44. The van der Waals surface area contributed by atoms with E-state index in [1.165, 1.54) is 77.0 Å². The zero-order valence-corrected chi connectivity index (χ0v) is 20.6. The number of carbonyl (C=O) groups is 1. The summed E-state index contributed by atoms with van der Waals surface area (Å²) in [5.74, 6) is 0. The lowest BCUT2D eigenvalue weighted by Gasteiger charge is -2.25. The molecule has 0 radical (unpaired) electrons. The van der Waals surface area contributed by atoms with Crippen molar-refractivity contribution in [3.8, 4) is 0 Å². The molecule has 0 saturated carbocycles. The predicted molar refractivity (Wildman–Crippen MR) is 126 cm³/mol. The second kappa shape index (κ2) is 14.3. The molecule has 2 N–H and O–H groups in total. The Morgan fingerprint density at radius 1 is 0.967 bits per heavy atom. The van der Waals surface area contributed by atoms with Gasteiger partial charge in [-0.05, 0) is 40.7 Å². The Morgan fingerprint density at radius 2 is 1.43 bits per heavy atom. The summed E-state index contributed by atoms with van der Waals surface area (Å²) >= 11 is 0. The lowest BCUT2D eigenvalue weighted by atomic mass is 10.0. The Hall–Kier alpha value is -0.810. The van der Waals surface area contributed by atoms with Crippen LogP contribution in [0.5, 0.6) is 0 Å². The molecular weight excluding hydrogens is 376 g/mol. The number of amides is 1. The third-order valence-corrected chi connectivity index (χ3v) is 5.99. The van der Waals surface area contributed by atoms with Crippen molar-refractivity contribution in [3.05, 3.63) is 0 Å². The Morgan fingerprint density at radius 3 is 1.90 bits per heavy atom. The van der Waals surface area contributed by atoms with E-state index in [-0.39, 0.29) is 12.1 Å². The molecule has 5 nitrogen and oxygen atoms in total. The minimum atomic E-state index is -0.909. The molecule has 0 aromatic heterocycles. The molecule has 1 heterocycles. The summed E-state index contributed by atoms with van der Waals surface area (Å²) in [6, 6.07) is -0.0951. The van der Waals surface area contributed by atoms with Crippen LogP contribution < -0.4 is 5.32 Å². The molecule has 1 rings (SSSR count). The van der Waals surface area contributed by atoms with Crippen molar-refractivity contribution in [3.63, 3.8) is 0 Å². The minimum absolute atomic E-state index is 0.0951. The second-order valence-corrected chi connectivity index (χ2v) is 10.5. The number of hydrogen-bond acceptors (Lipinski definition) is 4. The van der Waals surface area contributed by atoms with Crippen LogP contribution in [-0.2, 0) is 4.74 Å². The smallest absolute Gasteiger partial charge is 0.410 e. The normalized spacial score (nSPS) is 21.9. The molecule has 0 aromatic carbocycles. The van der Waals surface area contributed by atoms with E-state index in [1.807, 2.05) is 20.8 Å². The Bertz CT molecular complexity index is 460. The van der Waals surface area contributed by atoms with Crippen molar-refractivity contribution >= 4 is 6.09 Å². The molecule has 0 bridgehead atoms. The molecule has 0 aromatic rings. The number of carbonyl (C=O) groups excluding carboxylic acids is 1. The van der Waals surface area contributed by atoms with Crippen LogP contribution in [0.3, 0.4) is 0 Å². The van der Waals surface area contributed by atoms with E-state index in [0.29, 0.717) is 13.1 Å². The van der Waals surface area contributed by atoms with Crippen LogP contribution in [0.25, 0.3) is 0 Å². The summed E-state index contributed by atoms with van der Waals surface area (Å²) in [4.78, 5) is 13.9. The molecule has 30 heavy (non-hydrogen) atoms. The number of nitrogens with one attached hydrogen (secondary N) is 1. The quantitative estimate of drug-likeness (QED) is 0.313. The summed E-state index contributed by atoms with van der Waals surface area (Å²) in [5.41, 5.74) is -1.42. The number of ether oxygens (including phenoxy) is 1. The fraction of sp³-hybridized carbons (Fsp3) is 0.960. The van der Waals surface area contributed by atoms with E-state index < -0.39 is 11.2 Å². The summed E-state index contributed by atoms with van der Waals surface area (Å²) in [5, 5.41) is 14.1. The van der Waals surface area contributed by atoms with E-state index in [9.17, 15) is 9.90 Å². The van der Waals surface area contributed by atoms with Gasteiger partial charge in [0.25, 0.3) is 0 Å². The van der Waals surface area contributed by atoms with Crippen molar-refractivity contribution in [2.75, 3.05) is 19.6 Å². The lowest BCUT2D eigenvalue weighted by molar-refractivity contribution is 0.0170. The third kappa shape index (κ3) is 12.1. The van der Waals surface area contributed by atoms with Crippen molar-refractivity contribution < 1.29 is 14.6 Å². The van der Waals surface area contributed by atoms with Crippen molar-refractivity contribution in [2.24, 2.45) is 0 Å². The Kier molecular flexibility index (Phi) is 13.0. The van der Waals surface area contributed by atoms with E-state index >= 15 is 0 Å². The number of likely N-dealkylation sites (tertiary alicyclic amines) is 1. The number of β-amino-alcohol motifs (C(OH)–C–C–N with tert-alkyl or cyclic N) is 1. The van der Waals surface area contributed by atoms with Gasteiger partial charge in [0.15, 0.2) is 0 Å². The van der Waals surface area contributed by atoms with Crippen LogP contribution in [0.1, 0.15) is 118 Å². The van der Waals surface area contributed by atoms with Crippen LogP contribution in [0.15, 0.2) is 0 Å². The van der Waals surface area contributed by atoms with Crippen molar-refractivity contribution in [1.82, 2.24) is 10.2 Å². The minimum Gasteiger partial charge on any atom is -0.444 e. The van der Waals surface area contributed by atoms with Crippen LogP contribution in [0, 0.1) is 0 Å². The summed E-state index contributed by atoms with van der Waals surface area (Å²) in [7, 11) is 0. The van der Waals surface area contributed by atoms with Gasteiger partial charge in [-0.15, -0.1) is 0 Å². The lowest BCUT2D eigenvalue weighted by Crippen LogP contribution is -2.48. The van der Waals surface area contributed by atoms with Gasteiger partial charge in [-0.2, -0.15) is 0 Å². The zero-order chi connectivity index (χ0) is 22.5. The average molecular weight is 427 g/mol. The number of rotatable bonds is 15. The molecule has 1 amide bonds. The number of unbranched alkanes of at least 4 members (excludes halogenated alkanes) is 12. The third-order valence-electron chi connectivity index (χ3n) is 5.99. The topological polar surface area (TPSA) is 61.8 Å². The number of nitrogens with zero attached hydrogens (tertiary/aromatic N) is 1. The predicted octanol–water partition coefficient (Wildman–Crippen LogP) is 6.04. The van der Waals surface area contributed by atoms with E-state index in [4.69, 9.17) is 4.74 Å². The molecule has 1 aliphatic heterocycles. The fourth-order valence-corrected chi connectivity index (χ4v) is 4.15. The molecule has 0 unspecified atom stereocenters. The van der Waals surface area contributed by atoms with Crippen molar-refractivity contribution in [1.29, 1.82) is 0 Å². The van der Waals surface area contributed by atoms with Gasteiger partial charge in [-0.3, -0.25) is 0 Å². The molecule has 5 heteroatoms. The molecule has 1 fully saturated rings. The van der Waals surface area contributed by atoms with Crippen LogP contribution in [0.2, 0.25) is 0 Å². The second-order valence-electron chi connectivity index (χ2n) is 10.5. The first kappa shape index (κ1) is 27.2. The van der Waals surface area contributed by atoms with Gasteiger partial charge >= 0.3 is 6.09 Å². The molecule has 1 aliphatic rings. The first-order chi connectivity index (χ1) is 14.2. The standard InChI is InChI=1S/C25H50N2O3/c1-6-7-8-9-10-11-12-13-14-15-16-17-18-19-26-22-20-27(21-25(22,5)29)23(28)30-24(2,3)4/h22,26,29H,6-21H2,1-5H3/t22-,25-/m0/s1. The fourth-order valence-electron chi connectivity index (χ4n) is 4.15. The molecule has 1 saturated heterocycles. The van der Waals surface area contributed by atoms with Crippen LogP contribution >= 0.6 is 0 Å². The summed E-state index contributed by atoms with van der Waals surface area (Å²) in [6.07, 6.45) is 17.2. The van der Waals surface area contributed by atoms with Gasteiger partial charge in [0.2, 0.25) is 0 Å². The maximum atomic E-state index is 12.3. The van der Waals surface area contributed by atoms with Gasteiger partial charge in [0.1, 0.15) is 5.60 Å². The van der Waals surface area contributed by atoms with E-state index in [1.54, 1.807) is 11.8 Å². The zero-order valence-electron chi connectivity index (χ0n) is 20.6. The van der Waals surface area contributed by atoms with Gasteiger partial charge in [-0.25, -0.2) is 4.79 Å². The van der Waals surface area contributed by atoms with Crippen molar-refractivity contribution in [2.45, 2.75) is 135 Å². The number of hydrogen-bond donors (Lipinski definition) is 2. The van der Waals surface area contributed by atoms with Gasteiger partial charge in [0.05, 0.1) is 18.2 Å². The average Bonchev–Trinajstić information content (AvgIpc) is 2.95. The molecule has 0 aliphatic carbocycles. The van der Waals surface area contributed by atoms with Crippen LogP contribution in [-0.4, -0.2) is 53.0 Å². The first-order valence-electron chi connectivity index (χ1n) is 12.6. The maximum absolute atomic E-state index is 12.3.